The molecule has 5 heteroatoms. The van der Waals surface area contributed by atoms with Gasteiger partial charge >= 0.3 is 0 Å². The first-order valence-electron chi connectivity index (χ1n) is 7.87. The Balaban J connectivity index is 1.76. The van der Waals surface area contributed by atoms with Gasteiger partial charge in [-0.25, -0.2) is 4.31 Å². The van der Waals surface area contributed by atoms with Gasteiger partial charge in [0.05, 0.1) is 12.3 Å². The molecule has 0 atom stereocenters. The van der Waals surface area contributed by atoms with Gasteiger partial charge in [0.1, 0.15) is 0 Å². The third kappa shape index (κ3) is 3.52. The number of fused-ring (bicyclic) bond motifs is 1. The molecule has 0 spiro atoms. The Morgan fingerprint density at radius 3 is 2.83 bits per heavy atom. The van der Waals surface area contributed by atoms with Gasteiger partial charge < -0.3 is 9.30 Å². The standard InChI is InChI=1S/C18H22N2O2S/c1-14-18(11-17(13-21)20(14)9-10-22-2)23-19-8-7-15-5-3-4-6-16(15)12-19/h3-6,11,13H,7-10,12H2,1-2H3. The Hall–Kier alpha value is -1.56. The van der Waals surface area contributed by atoms with E-state index >= 15 is 0 Å². The van der Waals surface area contributed by atoms with Crippen molar-refractivity contribution in [1.29, 1.82) is 0 Å². The average Bonchev–Trinajstić information content (AvgIpc) is 2.88. The lowest BCUT2D eigenvalue weighted by atomic mass is 10.0. The van der Waals surface area contributed by atoms with Crippen LogP contribution in [0.4, 0.5) is 0 Å². The van der Waals surface area contributed by atoms with E-state index in [4.69, 9.17) is 4.74 Å². The summed E-state index contributed by atoms with van der Waals surface area (Å²) >= 11 is 1.75. The average molecular weight is 330 g/mol. The van der Waals surface area contributed by atoms with E-state index in [1.54, 1.807) is 19.1 Å². The molecular formula is C18H22N2O2S. The number of ether oxygens (including phenoxy) is 1. The minimum absolute atomic E-state index is 0.609. The Labute approximate surface area is 141 Å². The number of hydrogen-bond acceptors (Lipinski definition) is 4. The van der Waals surface area contributed by atoms with Crippen LogP contribution >= 0.6 is 11.9 Å². The fraction of sp³-hybridized carbons (Fsp3) is 0.389. The van der Waals surface area contributed by atoms with Crippen LogP contribution in [0.25, 0.3) is 0 Å². The first-order chi connectivity index (χ1) is 11.2. The molecule has 0 amide bonds. The smallest absolute Gasteiger partial charge is 0.166 e. The monoisotopic (exact) mass is 330 g/mol. The van der Waals surface area contributed by atoms with Crippen LogP contribution < -0.4 is 0 Å². The van der Waals surface area contributed by atoms with Crippen LogP contribution in [0.2, 0.25) is 0 Å². The van der Waals surface area contributed by atoms with Crippen LogP contribution in [0.1, 0.15) is 27.3 Å². The molecule has 1 aromatic heterocycles. The van der Waals surface area contributed by atoms with Crippen molar-refractivity contribution in [2.24, 2.45) is 0 Å². The highest BCUT2D eigenvalue weighted by atomic mass is 32.2. The van der Waals surface area contributed by atoms with Crippen LogP contribution in [0, 0.1) is 6.92 Å². The molecule has 1 aliphatic heterocycles. The highest BCUT2D eigenvalue weighted by Crippen LogP contribution is 2.32. The number of benzene rings is 1. The zero-order valence-electron chi connectivity index (χ0n) is 13.6. The number of hydrogen-bond donors (Lipinski definition) is 0. The lowest BCUT2D eigenvalue weighted by Gasteiger charge is -2.27. The molecule has 0 saturated heterocycles. The Bertz CT molecular complexity index is 696. The molecule has 0 aliphatic carbocycles. The minimum Gasteiger partial charge on any atom is -0.383 e. The number of aromatic nitrogens is 1. The summed E-state index contributed by atoms with van der Waals surface area (Å²) in [5.41, 5.74) is 4.71. The maximum Gasteiger partial charge on any atom is 0.166 e. The van der Waals surface area contributed by atoms with E-state index in [-0.39, 0.29) is 0 Å². The van der Waals surface area contributed by atoms with E-state index in [9.17, 15) is 4.79 Å². The molecule has 0 bridgehead atoms. The molecule has 2 aromatic rings. The van der Waals surface area contributed by atoms with Crippen LogP contribution in [0.5, 0.6) is 0 Å². The largest absolute Gasteiger partial charge is 0.383 e. The van der Waals surface area contributed by atoms with E-state index in [1.165, 1.54) is 11.1 Å². The summed E-state index contributed by atoms with van der Waals surface area (Å²) in [6.45, 7) is 5.36. The van der Waals surface area contributed by atoms with Gasteiger partial charge in [-0.3, -0.25) is 4.79 Å². The Morgan fingerprint density at radius 1 is 1.30 bits per heavy atom. The molecule has 4 nitrogen and oxygen atoms in total. The maximum absolute atomic E-state index is 11.3. The maximum atomic E-state index is 11.3. The van der Waals surface area contributed by atoms with Gasteiger partial charge in [0.25, 0.3) is 0 Å². The van der Waals surface area contributed by atoms with Gasteiger partial charge in [-0.15, -0.1) is 0 Å². The SMILES string of the molecule is COCCn1c(C=O)cc(SN2CCc3ccccc3C2)c1C. The molecule has 0 N–H and O–H groups in total. The molecule has 1 aliphatic rings. The second-order valence-electron chi connectivity index (χ2n) is 5.75. The summed E-state index contributed by atoms with van der Waals surface area (Å²) in [6, 6.07) is 10.6. The minimum atomic E-state index is 0.609. The molecule has 1 aromatic carbocycles. The van der Waals surface area contributed by atoms with Crippen molar-refractivity contribution in [3.8, 4) is 0 Å². The van der Waals surface area contributed by atoms with Crippen molar-refractivity contribution < 1.29 is 9.53 Å². The van der Waals surface area contributed by atoms with Crippen molar-refractivity contribution in [3.05, 3.63) is 52.8 Å². The summed E-state index contributed by atoms with van der Waals surface area (Å²) < 4.78 is 9.56. The molecule has 0 unspecified atom stereocenters. The summed E-state index contributed by atoms with van der Waals surface area (Å²) in [5.74, 6) is 0. The van der Waals surface area contributed by atoms with Gasteiger partial charge in [-0.05, 0) is 42.5 Å². The molecule has 0 saturated carbocycles. The molecule has 0 radical (unpaired) electrons. The first-order valence-corrected chi connectivity index (χ1v) is 8.64. The summed E-state index contributed by atoms with van der Waals surface area (Å²) in [4.78, 5) is 12.5. The zero-order chi connectivity index (χ0) is 16.2. The van der Waals surface area contributed by atoms with Gasteiger partial charge in [-0.2, -0.15) is 0 Å². The van der Waals surface area contributed by atoms with Crippen molar-refractivity contribution in [3.63, 3.8) is 0 Å². The zero-order valence-corrected chi connectivity index (χ0v) is 14.4. The molecule has 3 rings (SSSR count). The highest BCUT2D eigenvalue weighted by molar-refractivity contribution is 7.97. The molecule has 2 heterocycles. The molecule has 122 valence electrons. The number of nitrogens with zero attached hydrogens (tertiary/aromatic N) is 2. The summed E-state index contributed by atoms with van der Waals surface area (Å²) in [7, 11) is 1.68. The van der Waals surface area contributed by atoms with E-state index < -0.39 is 0 Å². The third-order valence-electron chi connectivity index (χ3n) is 4.31. The lowest BCUT2D eigenvalue weighted by Crippen LogP contribution is -2.24. The van der Waals surface area contributed by atoms with Gasteiger partial charge in [0.15, 0.2) is 6.29 Å². The van der Waals surface area contributed by atoms with E-state index in [0.717, 1.165) is 42.1 Å². The van der Waals surface area contributed by atoms with Gasteiger partial charge in [0.2, 0.25) is 0 Å². The fourth-order valence-electron chi connectivity index (χ4n) is 3.00. The van der Waals surface area contributed by atoms with Crippen LogP contribution in [-0.2, 0) is 24.2 Å². The number of rotatable bonds is 6. The molecule has 23 heavy (non-hydrogen) atoms. The van der Waals surface area contributed by atoms with Crippen LogP contribution in [0.15, 0.2) is 35.2 Å². The normalized spacial score (nSPS) is 14.7. The first kappa shape index (κ1) is 16.3. The van der Waals surface area contributed by atoms with Crippen molar-refractivity contribution in [2.75, 3.05) is 20.3 Å². The quantitative estimate of drug-likeness (QED) is 0.601. The van der Waals surface area contributed by atoms with E-state index in [1.807, 2.05) is 10.6 Å². The van der Waals surface area contributed by atoms with E-state index in [2.05, 4.69) is 35.5 Å². The Morgan fingerprint density at radius 2 is 2.09 bits per heavy atom. The summed E-state index contributed by atoms with van der Waals surface area (Å²) in [5, 5.41) is 0. The van der Waals surface area contributed by atoms with E-state index in [0.29, 0.717) is 13.2 Å². The third-order valence-corrected chi connectivity index (χ3v) is 5.49. The number of methoxy groups -OCH3 is 1. The predicted molar refractivity (Wildman–Crippen MR) is 92.8 cm³/mol. The van der Waals surface area contributed by atoms with Crippen LogP contribution in [0.3, 0.4) is 0 Å². The lowest BCUT2D eigenvalue weighted by molar-refractivity contribution is 0.111. The number of aldehydes is 1. The highest BCUT2D eigenvalue weighted by Gasteiger charge is 2.19. The topological polar surface area (TPSA) is 34.5 Å². The second-order valence-corrected chi connectivity index (χ2v) is 6.89. The van der Waals surface area contributed by atoms with Gasteiger partial charge in [0, 0.05) is 37.3 Å². The summed E-state index contributed by atoms with van der Waals surface area (Å²) in [6.07, 6.45) is 2.01. The number of carbonyl (C=O) groups excluding carboxylic acids is 1. The van der Waals surface area contributed by atoms with Crippen LogP contribution in [-0.4, -0.2) is 35.4 Å². The second kappa shape index (κ2) is 7.34. The van der Waals surface area contributed by atoms with Crippen molar-refractivity contribution in [1.82, 2.24) is 8.87 Å². The Kier molecular flexibility index (Phi) is 5.20. The fourth-order valence-corrected chi connectivity index (χ4v) is 4.08. The molecular weight excluding hydrogens is 308 g/mol. The van der Waals surface area contributed by atoms with Crippen molar-refractivity contribution >= 4 is 18.2 Å². The van der Waals surface area contributed by atoms with Crippen molar-refractivity contribution in [2.45, 2.75) is 31.3 Å². The van der Waals surface area contributed by atoms with Gasteiger partial charge in [-0.1, -0.05) is 24.3 Å². The number of carbonyl (C=O) groups is 1. The molecule has 0 fully saturated rings. The predicted octanol–water partition coefficient (Wildman–Crippen LogP) is 3.32.